The lowest BCUT2D eigenvalue weighted by Crippen LogP contribution is -2.44. The Kier molecular flexibility index (Phi) is 5.08. The molecule has 1 fully saturated rings. The number of ether oxygens (including phenoxy) is 1. The molecule has 2 aliphatic heterocycles. The van der Waals surface area contributed by atoms with Gasteiger partial charge in [-0.15, -0.1) is 0 Å². The molecule has 1 saturated heterocycles. The fourth-order valence-corrected chi connectivity index (χ4v) is 4.53. The SMILES string of the molecule is COC(=O)c1cc(F)cc2c1C(=O)C(c1ccccc1Cl)C(C1CCNC1)N2. The highest BCUT2D eigenvalue weighted by atomic mass is 35.5. The van der Waals surface area contributed by atoms with Gasteiger partial charge in [0.15, 0.2) is 5.78 Å². The zero-order valence-electron chi connectivity index (χ0n) is 15.3. The molecule has 3 atom stereocenters. The van der Waals surface area contributed by atoms with Gasteiger partial charge in [-0.25, -0.2) is 9.18 Å². The molecule has 0 aliphatic carbocycles. The minimum Gasteiger partial charge on any atom is -0.465 e. The van der Waals surface area contributed by atoms with Gasteiger partial charge in [0.1, 0.15) is 5.82 Å². The van der Waals surface area contributed by atoms with Gasteiger partial charge < -0.3 is 15.4 Å². The van der Waals surface area contributed by atoms with E-state index in [2.05, 4.69) is 10.6 Å². The summed E-state index contributed by atoms with van der Waals surface area (Å²) in [5.74, 6) is -2.01. The fourth-order valence-electron chi connectivity index (χ4n) is 4.27. The molecule has 28 heavy (non-hydrogen) atoms. The third kappa shape index (κ3) is 3.16. The molecule has 0 bridgehead atoms. The fraction of sp³-hybridized carbons (Fsp3) is 0.333. The molecule has 2 aliphatic rings. The van der Waals surface area contributed by atoms with E-state index in [0.717, 1.165) is 25.6 Å². The van der Waals surface area contributed by atoms with Crippen LogP contribution in [0.15, 0.2) is 36.4 Å². The molecule has 0 spiro atoms. The smallest absolute Gasteiger partial charge is 0.338 e. The average Bonchev–Trinajstić information content (AvgIpc) is 3.22. The Balaban J connectivity index is 1.89. The Labute approximate surface area is 167 Å². The zero-order chi connectivity index (χ0) is 19.8. The number of methoxy groups -OCH3 is 1. The van der Waals surface area contributed by atoms with Crippen molar-refractivity contribution in [2.24, 2.45) is 5.92 Å². The lowest BCUT2D eigenvalue weighted by Gasteiger charge is -2.38. The van der Waals surface area contributed by atoms with Gasteiger partial charge in [-0.2, -0.15) is 0 Å². The second kappa shape index (κ2) is 7.53. The van der Waals surface area contributed by atoms with E-state index in [1.54, 1.807) is 6.07 Å². The summed E-state index contributed by atoms with van der Waals surface area (Å²) in [6, 6.07) is 9.26. The molecule has 0 amide bonds. The molecular formula is C21H20ClFN2O3. The van der Waals surface area contributed by atoms with Crippen LogP contribution in [-0.4, -0.2) is 38.0 Å². The van der Waals surface area contributed by atoms with Crippen molar-refractivity contribution < 1.29 is 18.7 Å². The maximum absolute atomic E-state index is 14.2. The van der Waals surface area contributed by atoms with E-state index in [4.69, 9.17) is 16.3 Å². The van der Waals surface area contributed by atoms with Gasteiger partial charge in [0.25, 0.3) is 0 Å². The first-order valence-corrected chi connectivity index (χ1v) is 9.56. The monoisotopic (exact) mass is 402 g/mol. The van der Waals surface area contributed by atoms with E-state index >= 15 is 0 Å². The maximum Gasteiger partial charge on any atom is 0.338 e. The summed E-state index contributed by atoms with van der Waals surface area (Å²) >= 11 is 6.43. The van der Waals surface area contributed by atoms with Crippen LogP contribution in [-0.2, 0) is 4.74 Å². The van der Waals surface area contributed by atoms with E-state index in [1.165, 1.54) is 13.2 Å². The summed E-state index contributed by atoms with van der Waals surface area (Å²) < 4.78 is 19.0. The average molecular weight is 403 g/mol. The second-order valence-corrected chi connectivity index (χ2v) is 7.56. The van der Waals surface area contributed by atoms with E-state index in [1.807, 2.05) is 18.2 Å². The predicted molar refractivity (Wildman–Crippen MR) is 105 cm³/mol. The molecule has 0 saturated carbocycles. The van der Waals surface area contributed by atoms with Gasteiger partial charge >= 0.3 is 5.97 Å². The Morgan fingerprint density at radius 1 is 1.29 bits per heavy atom. The number of esters is 1. The molecule has 4 rings (SSSR count). The van der Waals surface area contributed by atoms with Gasteiger partial charge in [0.2, 0.25) is 0 Å². The number of nitrogens with one attached hydrogen (secondary N) is 2. The Morgan fingerprint density at radius 2 is 2.07 bits per heavy atom. The summed E-state index contributed by atoms with van der Waals surface area (Å²) in [5.41, 5.74) is 1.10. The van der Waals surface area contributed by atoms with Crippen molar-refractivity contribution in [2.45, 2.75) is 18.4 Å². The summed E-state index contributed by atoms with van der Waals surface area (Å²) in [7, 11) is 1.21. The molecule has 2 heterocycles. The highest BCUT2D eigenvalue weighted by Crippen LogP contribution is 2.42. The minimum atomic E-state index is -0.746. The molecule has 0 radical (unpaired) electrons. The van der Waals surface area contributed by atoms with Gasteiger partial charge in [0.05, 0.1) is 24.2 Å². The number of carbonyl (C=O) groups is 2. The minimum absolute atomic E-state index is 0.0740. The van der Waals surface area contributed by atoms with Crippen LogP contribution in [0.2, 0.25) is 5.02 Å². The highest BCUT2D eigenvalue weighted by Gasteiger charge is 2.44. The molecule has 2 N–H and O–H groups in total. The van der Waals surface area contributed by atoms with Crippen molar-refractivity contribution in [1.29, 1.82) is 0 Å². The molecule has 2 aromatic carbocycles. The largest absolute Gasteiger partial charge is 0.465 e. The number of anilines is 1. The Bertz CT molecular complexity index is 943. The van der Waals surface area contributed by atoms with Crippen molar-refractivity contribution >= 4 is 29.0 Å². The second-order valence-electron chi connectivity index (χ2n) is 7.15. The molecule has 0 aromatic heterocycles. The van der Waals surface area contributed by atoms with Crippen molar-refractivity contribution in [3.05, 3.63) is 63.9 Å². The molecule has 146 valence electrons. The summed E-state index contributed by atoms with van der Waals surface area (Å²) in [4.78, 5) is 25.9. The lowest BCUT2D eigenvalue weighted by molar-refractivity contribution is 0.0595. The van der Waals surface area contributed by atoms with Crippen LogP contribution >= 0.6 is 11.6 Å². The van der Waals surface area contributed by atoms with Crippen LogP contribution in [0.1, 0.15) is 38.6 Å². The number of Topliss-reactive ketones (excluding diaryl/α,β-unsaturated/α-hetero) is 1. The van der Waals surface area contributed by atoms with Crippen LogP contribution in [0.3, 0.4) is 0 Å². The van der Waals surface area contributed by atoms with Crippen LogP contribution < -0.4 is 10.6 Å². The van der Waals surface area contributed by atoms with Gasteiger partial charge in [-0.1, -0.05) is 29.8 Å². The number of rotatable bonds is 3. The molecule has 3 unspecified atom stereocenters. The van der Waals surface area contributed by atoms with Gasteiger partial charge in [-0.3, -0.25) is 4.79 Å². The predicted octanol–water partition coefficient (Wildman–Crippen LogP) is 3.64. The van der Waals surface area contributed by atoms with Gasteiger partial charge in [0, 0.05) is 16.8 Å². The summed E-state index contributed by atoms with van der Waals surface area (Å²) in [6.07, 6.45) is 0.889. The number of halogens is 2. The van der Waals surface area contributed by atoms with Crippen molar-refractivity contribution in [1.82, 2.24) is 5.32 Å². The summed E-state index contributed by atoms with van der Waals surface area (Å²) in [5, 5.41) is 7.14. The van der Waals surface area contributed by atoms with Gasteiger partial charge in [-0.05, 0) is 49.2 Å². The third-order valence-corrected chi connectivity index (χ3v) is 5.91. The highest BCUT2D eigenvalue weighted by molar-refractivity contribution is 6.32. The topological polar surface area (TPSA) is 67.4 Å². The number of benzene rings is 2. The number of hydrogen-bond donors (Lipinski definition) is 2. The molecule has 5 nitrogen and oxygen atoms in total. The molecular weight excluding hydrogens is 383 g/mol. The van der Waals surface area contributed by atoms with Crippen molar-refractivity contribution in [3.8, 4) is 0 Å². The first-order valence-electron chi connectivity index (χ1n) is 9.19. The van der Waals surface area contributed by atoms with Crippen LogP contribution in [0.5, 0.6) is 0 Å². The van der Waals surface area contributed by atoms with Crippen LogP contribution in [0.25, 0.3) is 0 Å². The number of fused-ring (bicyclic) bond motifs is 1. The standard InChI is InChI=1S/C21H20ClFN2O3/c1-28-21(27)14-8-12(23)9-16-17(14)20(26)18(13-4-2-3-5-15(13)22)19(25-16)11-6-7-24-10-11/h2-5,8-9,11,18-19,24-25H,6-7,10H2,1H3. The first kappa shape index (κ1) is 18.9. The summed E-state index contributed by atoms with van der Waals surface area (Å²) in [6.45, 7) is 1.61. The lowest BCUT2D eigenvalue weighted by atomic mass is 9.74. The van der Waals surface area contributed by atoms with Crippen LogP contribution in [0, 0.1) is 11.7 Å². The van der Waals surface area contributed by atoms with E-state index in [-0.39, 0.29) is 28.9 Å². The van der Waals surface area contributed by atoms with Crippen molar-refractivity contribution in [3.63, 3.8) is 0 Å². The van der Waals surface area contributed by atoms with E-state index in [9.17, 15) is 14.0 Å². The van der Waals surface area contributed by atoms with Crippen molar-refractivity contribution in [2.75, 3.05) is 25.5 Å². The Hall–Kier alpha value is -2.44. The number of hydrogen-bond acceptors (Lipinski definition) is 5. The number of carbonyl (C=O) groups excluding carboxylic acids is 2. The molecule has 2 aromatic rings. The normalized spacial score (nSPS) is 23.8. The van der Waals surface area contributed by atoms with Crippen LogP contribution in [0.4, 0.5) is 10.1 Å². The molecule has 7 heteroatoms. The number of ketones is 1. The van der Waals surface area contributed by atoms with E-state index in [0.29, 0.717) is 16.3 Å². The third-order valence-electron chi connectivity index (χ3n) is 5.57. The quantitative estimate of drug-likeness (QED) is 0.767. The van der Waals surface area contributed by atoms with E-state index < -0.39 is 17.7 Å². The zero-order valence-corrected chi connectivity index (χ0v) is 16.1. The first-order chi connectivity index (χ1) is 13.5. The Morgan fingerprint density at radius 3 is 2.75 bits per heavy atom. The maximum atomic E-state index is 14.2.